The van der Waals surface area contributed by atoms with Gasteiger partial charge in [0.1, 0.15) is 10.7 Å². The van der Waals surface area contributed by atoms with Crippen LogP contribution in [-0.2, 0) is 14.8 Å². The minimum atomic E-state index is -3.74. The van der Waals surface area contributed by atoms with Crippen LogP contribution in [0.3, 0.4) is 0 Å². The van der Waals surface area contributed by atoms with Gasteiger partial charge < -0.3 is 14.3 Å². The SMILES string of the molecule is COCC1CCCN(S(=O)(=O)c2cc(C(=O)O)oc2C)C1. The summed E-state index contributed by atoms with van der Waals surface area (Å²) in [5.74, 6) is -1.39. The Balaban J connectivity index is 2.27. The van der Waals surface area contributed by atoms with Crippen molar-refractivity contribution in [1.82, 2.24) is 4.31 Å². The van der Waals surface area contributed by atoms with Gasteiger partial charge >= 0.3 is 5.97 Å². The summed E-state index contributed by atoms with van der Waals surface area (Å²) >= 11 is 0. The highest BCUT2D eigenvalue weighted by Gasteiger charge is 2.33. The van der Waals surface area contributed by atoms with Crippen LogP contribution >= 0.6 is 0 Å². The van der Waals surface area contributed by atoms with Crippen molar-refractivity contribution >= 4 is 16.0 Å². The lowest BCUT2D eigenvalue weighted by Gasteiger charge is -2.31. The van der Waals surface area contributed by atoms with Crippen molar-refractivity contribution in [2.75, 3.05) is 26.8 Å². The highest BCUT2D eigenvalue weighted by molar-refractivity contribution is 7.89. The topological polar surface area (TPSA) is 97.0 Å². The summed E-state index contributed by atoms with van der Waals surface area (Å²) in [5.41, 5.74) is 0. The number of furan rings is 1. The third-order valence-electron chi connectivity index (χ3n) is 3.58. The molecule has 8 heteroatoms. The van der Waals surface area contributed by atoms with Gasteiger partial charge in [-0.3, -0.25) is 0 Å². The first kappa shape index (κ1) is 16.0. The molecule has 1 aliphatic rings. The number of ether oxygens (including phenoxy) is 1. The lowest BCUT2D eigenvalue weighted by molar-refractivity contribution is 0.0661. The Morgan fingerprint density at radius 1 is 1.57 bits per heavy atom. The largest absolute Gasteiger partial charge is 0.475 e. The normalized spacial score (nSPS) is 20.6. The molecule has 1 aromatic rings. The molecule has 118 valence electrons. The molecule has 0 saturated carbocycles. The maximum Gasteiger partial charge on any atom is 0.371 e. The molecule has 1 aromatic heterocycles. The number of piperidine rings is 1. The molecule has 1 atom stereocenters. The van der Waals surface area contributed by atoms with Crippen molar-refractivity contribution < 1.29 is 27.5 Å². The average molecular weight is 317 g/mol. The zero-order chi connectivity index (χ0) is 15.6. The van der Waals surface area contributed by atoms with E-state index in [4.69, 9.17) is 14.3 Å². The monoisotopic (exact) mass is 317 g/mol. The van der Waals surface area contributed by atoms with Gasteiger partial charge in [0.15, 0.2) is 0 Å². The van der Waals surface area contributed by atoms with E-state index >= 15 is 0 Å². The van der Waals surface area contributed by atoms with Crippen LogP contribution in [0, 0.1) is 12.8 Å². The van der Waals surface area contributed by atoms with Gasteiger partial charge in [0.25, 0.3) is 0 Å². The molecular weight excluding hydrogens is 298 g/mol. The first-order chi connectivity index (χ1) is 9.86. The number of carbonyl (C=O) groups is 1. The summed E-state index contributed by atoms with van der Waals surface area (Å²) < 4.78 is 36.7. The van der Waals surface area contributed by atoms with Crippen molar-refractivity contribution in [3.63, 3.8) is 0 Å². The number of carboxylic acids is 1. The predicted octanol–water partition coefficient (Wildman–Crippen LogP) is 1.33. The second-order valence-corrected chi connectivity index (χ2v) is 7.07. The molecule has 0 radical (unpaired) electrons. The molecule has 1 unspecified atom stereocenters. The van der Waals surface area contributed by atoms with Crippen LogP contribution in [0.1, 0.15) is 29.2 Å². The molecule has 2 heterocycles. The van der Waals surface area contributed by atoms with Crippen LogP contribution in [0.2, 0.25) is 0 Å². The van der Waals surface area contributed by atoms with Gasteiger partial charge in [0, 0.05) is 26.3 Å². The average Bonchev–Trinajstić information content (AvgIpc) is 2.82. The Kier molecular flexibility index (Phi) is 4.70. The second-order valence-electron chi connectivity index (χ2n) is 5.16. The van der Waals surface area contributed by atoms with Gasteiger partial charge in [0.2, 0.25) is 15.8 Å². The minimum absolute atomic E-state index is 0.0713. The van der Waals surface area contributed by atoms with E-state index in [-0.39, 0.29) is 22.3 Å². The Morgan fingerprint density at radius 3 is 2.86 bits per heavy atom. The number of carboxylic acid groups (broad SMARTS) is 1. The second kappa shape index (κ2) is 6.17. The number of nitrogens with zero attached hydrogens (tertiary/aromatic N) is 1. The summed E-state index contributed by atoms with van der Waals surface area (Å²) in [6, 6.07) is 1.08. The molecule has 0 amide bonds. The number of hydrogen-bond acceptors (Lipinski definition) is 5. The molecule has 0 aromatic carbocycles. The van der Waals surface area contributed by atoms with Gasteiger partial charge in [0.05, 0.1) is 6.61 Å². The fourth-order valence-corrected chi connectivity index (χ4v) is 4.30. The van der Waals surface area contributed by atoms with Crippen LogP contribution in [-0.4, -0.2) is 50.6 Å². The van der Waals surface area contributed by atoms with Gasteiger partial charge in [-0.2, -0.15) is 4.31 Å². The Bertz CT molecular complexity index is 619. The molecule has 0 aliphatic carbocycles. The molecule has 1 fully saturated rings. The maximum absolute atomic E-state index is 12.6. The molecule has 21 heavy (non-hydrogen) atoms. The van der Waals surface area contributed by atoms with E-state index in [2.05, 4.69) is 0 Å². The van der Waals surface area contributed by atoms with Crippen molar-refractivity contribution in [2.45, 2.75) is 24.7 Å². The molecule has 0 spiro atoms. The van der Waals surface area contributed by atoms with E-state index in [0.29, 0.717) is 19.7 Å². The Labute approximate surface area is 123 Å². The predicted molar refractivity (Wildman–Crippen MR) is 73.8 cm³/mol. The molecule has 1 N–H and O–H groups in total. The van der Waals surface area contributed by atoms with Gasteiger partial charge in [-0.05, 0) is 25.7 Å². The molecule has 2 rings (SSSR count). The Hall–Kier alpha value is -1.38. The molecular formula is C13H19NO6S. The number of methoxy groups -OCH3 is 1. The van der Waals surface area contributed by atoms with Crippen LogP contribution in [0.5, 0.6) is 0 Å². The van der Waals surface area contributed by atoms with Crippen molar-refractivity contribution in [3.05, 3.63) is 17.6 Å². The van der Waals surface area contributed by atoms with E-state index in [0.717, 1.165) is 18.9 Å². The standard InChI is InChI=1S/C13H19NO6S/c1-9-12(6-11(20-9)13(15)16)21(17,18)14-5-3-4-10(7-14)8-19-2/h6,10H,3-5,7-8H2,1-2H3,(H,15,16). The minimum Gasteiger partial charge on any atom is -0.475 e. The zero-order valence-corrected chi connectivity index (χ0v) is 12.9. The van der Waals surface area contributed by atoms with Crippen LogP contribution in [0.4, 0.5) is 0 Å². The first-order valence-electron chi connectivity index (χ1n) is 6.69. The number of aryl methyl sites for hydroxylation is 1. The van der Waals surface area contributed by atoms with E-state index in [1.807, 2.05) is 0 Å². The summed E-state index contributed by atoms with van der Waals surface area (Å²) in [6.07, 6.45) is 1.68. The molecule has 7 nitrogen and oxygen atoms in total. The summed E-state index contributed by atoms with van der Waals surface area (Å²) in [4.78, 5) is 10.8. The van der Waals surface area contributed by atoms with Crippen molar-refractivity contribution in [3.8, 4) is 0 Å². The fourth-order valence-electron chi connectivity index (χ4n) is 2.58. The fraction of sp³-hybridized carbons (Fsp3) is 0.615. The van der Waals surface area contributed by atoms with E-state index in [9.17, 15) is 13.2 Å². The smallest absolute Gasteiger partial charge is 0.371 e. The first-order valence-corrected chi connectivity index (χ1v) is 8.13. The molecule has 1 aliphatic heterocycles. The van der Waals surface area contributed by atoms with E-state index < -0.39 is 16.0 Å². The third-order valence-corrected chi connectivity index (χ3v) is 5.56. The van der Waals surface area contributed by atoms with Crippen LogP contribution in [0.15, 0.2) is 15.4 Å². The highest BCUT2D eigenvalue weighted by atomic mass is 32.2. The lowest BCUT2D eigenvalue weighted by Crippen LogP contribution is -2.41. The Morgan fingerprint density at radius 2 is 2.29 bits per heavy atom. The number of sulfonamides is 1. The maximum atomic E-state index is 12.6. The van der Waals surface area contributed by atoms with E-state index in [1.165, 1.54) is 11.2 Å². The van der Waals surface area contributed by atoms with Gasteiger partial charge in [-0.15, -0.1) is 0 Å². The number of aromatic carboxylic acids is 1. The van der Waals surface area contributed by atoms with Crippen LogP contribution < -0.4 is 0 Å². The summed E-state index contributed by atoms with van der Waals surface area (Å²) in [5, 5.41) is 8.89. The van der Waals surface area contributed by atoms with Gasteiger partial charge in [-0.25, -0.2) is 13.2 Å². The summed E-state index contributed by atoms with van der Waals surface area (Å²) in [6.45, 7) is 2.77. The zero-order valence-electron chi connectivity index (χ0n) is 12.0. The van der Waals surface area contributed by atoms with Crippen molar-refractivity contribution in [1.29, 1.82) is 0 Å². The highest BCUT2D eigenvalue weighted by Crippen LogP contribution is 2.27. The quantitative estimate of drug-likeness (QED) is 0.880. The summed E-state index contributed by atoms with van der Waals surface area (Å²) in [7, 11) is -2.15. The third kappa shape index (κ3) is 3.28. The van der Waals surface area contributed by atoms with Crippen molar-refractivity contribution in [2.24, 2.45) is 5.92 Å². The molecule has 0 bridgehead atoms. The van der Waals surface area contributed by atoms with E-state index in [1.54, 1.807) is 7.11 Å². The lowest BCUT2D eigenvalue weighted by atomic mass is 10.0. The molecule has 1 saturated heterocycles. The number of hydrogen-bond donors (Lipinski definition) is 1. The number of rotatable bonds is 5. The van der Waals surface area contributed by atoms with Crippen LogP contribution in [0.25, 0.3) is 0 Å². The van der Waals surface area contributed by atoms with Gasteiger partial charge in [-0.1, -0.05) is 0 Å².